The van der Waals surface area contributed by atoms with Gasteiger partial charge in [-0.2, -0.15) is 4.98 Å². The molecule has 2 aromatic carbocycles. The highest BCUT2D eigenvalue weighted by Gasteiger charge is 2.13. The van der Waals surface area contributed by atoms with Gasteiger partial charge in [0.1, 0.15) is 12.0 Å². The fraction of sp³-hybridized carbons (Fsp3) is 0.105. The van der Waals surface area contributed by atoms with Gasteiger partial charge < -0.3 is 21.1 Å². The molecule has 28 heavy (non-hydrogen) atoms. The molecule has 1 atom stereocenters. The summed E-state index contributed by atoms with van der Waals surface area (Å²) >= 11 is 0. The summed E-state index contributed by atoms with van der Waals surface area (Å²) < 4.78 is 0. The monoisotopic (exact) mass is 418 g/mol. The van der Waals surface area contributed by atoms with E-state index in [1.807, 2.05) is 54.6 Å². The Kier molecular flexibility index (Phi) is 7.17. The predicted octanol–water partition coefficient (Wildman–Crippen LogP) is 2.19. The van der Waals surface area contributed by atoms with Crippen LogP contribution < -0.4 is 21.6 Å². The number of halogens is 2. The first kappa shape index (κ1) is 21.4. The molecule has 3 aromatic rings. The van der Waals surface area contributed by atoms with Crippen molar-refractivity contribution in [2.24, 2.45) is 15.7 Å². The molecule has 1 aliphatic rings. The number of imidazole rings is 1. The quantitative estimate of drug-likeness (QED) is 0.508. The van der Waals surface area contributed by atoms with Crippen LogP contribution in [0.15, 0.2) is 58.5 Å². The third-order valence-electron chi connectivity index (χ3n) is 4.16. The van der Waals surface area contributed by atoms with E-state index in [4.69, 9.17) is 5.73 Å². The molecule has 0 bridgehead atoms. The van der Waals surface area contributed by atoms with Crippen LogP contribution in [-0.4, -0.2) is 28.0 Å². The zero-order chi connectivity index (χ0) is 17.9. The average molecular weight is 419 g/mol. The molecular weight excluding hydrogens is 399 g/mol. The van der Waals surface area contributed by atoms with Gasteiger partial charge in [-0.15, -0.1) is 24.8 Å². The zero-order valence-corrected chi connectivity index (χ0v) is 16.4. The van der Waals surface area contributed by atoms with Crippen molar-refractivity contribution in [2.75, 3.05) is 11.9 Å². The lowest BCUT2D eigenvalue weighted by atomic mass is 10.1. The van der Waals surface area contributed by atoms with E-state index in [2.05, 4.69) is 25.3 Å². The van der Waals surface area contributed by atoms with Crippen LogP contribution in [0.25, 0.3) is 6.08 Å². The smallest absolute Gasteiger partial charge is 0.238 e. The van der Waals surface area contributed by atoms with Gasteiger partial charge in [-0.3, -0.25) is 0 Å². The molecule has 0 saturated carbocycles. The van der Waals surface area contributed by atoms with Gasteiger partial charge in [0, 0.05) is 6.54 Å². The van der Waals surface area contributed by atoms with Crippen LogP contribution in [0.3, 0.4) is 0 Å². The number of nitrogens with one attached hydrogen (secondary N) is 2. The minimum absolute atomic E-state index is 0. The number of rotatable bonds is 5. The second-order valence-corrected chi connectivity index (χ2v) is 5.93. The van der Waals surface area contributed by atoms with Crippen LogP contribution in [0.2, 0.25) is 0 Å². The number of aromatic amines is 1. The Morgan fingerprint density at radius 2 is 1.93 bits per heavy atom. The Hall–Kier alpha value is -2.87. The fourth-order valence-electron chi connectivity index (χ4n) is 2.84. The molecule has 2 heterocycles. The van der Waals surface area contributed by atoms with Crippen LogP contribution in [0.5, 0.6) is 5.88 Å². The third kappa shape index (κ3) is 4.51. The molecule has 9 heteroatoms. The normalized spacial score (nSPS) is 13.1. The van der Waals surface area contributed by atoms with Crippen molar-refractivity contribution >= 4 is 48.9 Å². The molecule has 0 radical (unpaired) electrons. The van der Waals surface area contributed by atoms with Crippen molar-refractivity contribution in [3.8, 4) is 5.88 Å². The van der Waals surface area contributed by atoms with E-state index in [1.165, 1.54) is 6.34 Å². The number of nitrogens with two attached hydrogens (primary N) is 1. The third-order valence-corrected chi connectivity index (χ3v) is 4.16. The molecule has 0 saturated heterocycles. The van der Waals surface area contributed by atoms with Crippen LogP contribution >= 0.6 is 24.8 Å². The first-order valence-electron chi connectivity index (χ1n) is 8.25. The number of hydrogen-bond acceptors (Lipinski definition) is 6. The highest BCUT2D eigenvalue weighted by atomic mass is 35.5. The molecule has 146 valence electrons. The van der Waals surface area contributed by atoms with Gasteiger partial charge in [-0.25, -0.2) is 9.98 Å². The van der Waals surface area contributed by atoms with E-state index >= 15 is 0 Å². The fourth-order valence-corrected chi connectivity index (χ4v) is 2.84. The zero-order valence-electron chi connectivity index (χ0n) is 14.7. The van der Waals surface area contributed by atoms with E-state index < -0.39 is 0 Å². The standard InChI is InChI=1S/C19H18N6O.2ClH/c20-10-17(13-4-2-1-3-5-13)24-19-23-16(18(26)25-19)9-12-6-7-14-15(8-12)22-11-21-14;;/h1-9,11,17,26H,10,20H2,(H2,23,24,25);2*1H/b12-9+;;/t17-;;/m1../s1. The van der Waals surface area contributed by atoms with Gasteiger partial charge in [0.25, 0.3) is 0 Å². The summed E-state index contributed by atoms with van der Waals surface area (Å²) in [5.41, 5.74) is 8.25. The minimum atomic E-state index is -0.106. The van der Waals surface area contributed by atoms with Gasteiger partial charge in [0.2, 0.25) is 11.8 Å². The van der Waals surface area contributed by atoms with E-state index in [-0.39, 0.29) is 36.7 Å². The first-order valence-corrected chi connectivity index (χ1v) is 8.25. The molecular formula is C19H20Cl2N6O. The molecule has 4 rings (SSSR count). The maximum absolute atomic E-state index is 10.1. The first-order chi connectivity index (χ1) is 12.7. The van der Waals surface area contributed by atoms with Crippen LogP contribution in [-0.2, 0) is 0 Å². The van der Waals surface area contributed by atoms with Gasteiger partial charge in [-0.05, 0) is 29.0 Å². The number of hydrogen-bond donors (Lipinski definition) is 4. The van der Waals surface area contributed by atoms with Gasteiger partial charge in [0.05, 0.1) is 17.1 Å². The highest BCUT2D eigenvalue weighted by molar-refractivity contribution is 5.85. The SMILES string of the molecule is Cl.Cl.NC[C@@H](Nc1nc(O)c(/C=c2\ccc3c(c2)N=CN=3)[nH]1)c1ccccc1. The maximum Gasteiger partial charge on any atom is 0.238 e. The Balaban J connectivity index is 0.00000140. The largest absolute Gasteiger partial charge is 0.492 e. The van der Waals surface area contributed by atoms with Gasteiger partial charge in [0.15, 0.2) is 0 Å². The van der Waals surface area contributed by atoms with Gasteiger partial charge >= 0.3 is 0 Å². The Labute approximate surface area is 174 Å². The van der Waals surface area contributed by atoms with Gasteiger partial charge in [-0.1, -0.05) is 36.4 Å². The summed E-state index contributed by atoms with van der Waals surface area (Å²) in [4.78, 5) is 15.6. The minimum Gasteiger partial charge on any atom is -0.492 e. The van der Waals surface area contributed by atoms with Crippen LogP contribution in [0.1, 0.15) is 17.3 Å². The number of fused-ring (bicyclic) bond motifs is 1. The number of nitrogens with zero attached hydrogens (tertiary/aromatic N) is 3. The number of aromatic nitrogens is 2. The summed E-state index contributed by atoms with van der Waals surface area (Å²) in [7, 11) is 0. The van der Waals surface area contributed by atoms with Crippen molar-refractivity contribution in [3.63, 3.8) is 0 Å². The Morgan fingerprint density at radius 3 is 2.68 bits per heavy atom. The molecule has 0 unspecified atom stereocenters. The average Bonchev–Trinajstić information content (AvgIpc) is 3.26. The summed E-state index contributed by atoms with van der Waals surface area (Å²) in [5.74, 6) is 0.382. The van der Waals surface area contributed by atoms with E-state index in [9.17, 15) is 5.11 Å². The lowest BCUT2D eigenvalue weighted by molar-refractivity contribution is 0.455. The predicted molar refractivity (Wildman–Crippen MR) is 116 cm³/mol. The number of anilines is 1. The lowest BCUT2D eigenvalue weighted by Gasteiger charge is -2.16. The van der Waals surface area contributed by atoms with Crippen molar-refractivity contribution in [1.82, 2.24) is 9.97 Å². The summed E-state index contributed by atoms with van der Waals surface area (Å²) in [6, 6.07) is 15.5. The summed E-state index contributed by atoms with van der Waals surface area (Å²) in [6.45, 7) is 0.400. The lowest BCUT2D eigenvalue weighted by Crippen LogP contribution is -2.21. The molecule has 1 aromatic heterocycles. The van der Waals surface area contributed by atoms with E-state index in [1.54, 1.807) is 0 Å². The van der Waals surface area contributed by atoms with Crippen LogP contribution in [0, 0.1) is 0 Å². The Morgan fingerprint density at radius 1 is 1.14 bits per heavy atom. The Bertz CT molecular complexity index is 1080. The van der Waals surface area contributed by atoms with Crippen molar-refractivity contribution < 1.29 is 5.11 Å². The number of aromatic hydroxyl groups is 1. The molecule has 0 fully saturated rings. The summed E-state index contributed by atoms with van der Waals surface area (Å²) in [6.07, 6.45) is 3.34. The van der Waals surface area contributed by atoms with E-state index in [0.29, 0.717) is 18.2 Å². The van der Waals surface area contributed by atoms with E-state index in [0.717, 1.165) is 21.8 Å². The molecule has 1 aliphatic heterocycles. The van der Waals surface area contributed by atoms with Crippen molar-refractivity contribution in [1.29, 1.82) is 0 Å². The topological polar surface area (TPSA) is 112 Å². The molecule has 5 N–H and O–H groups in total. The summed E-state index contributed by atoms with van der Waals surface area (Å²) in [5, 5.41) is 15.1. The second kappa shape index (κ2) is 9.36. The van der Waals surface area contributed by atoms with Crippen LogP contribution in [0.4, 0.5) is 11.6 Å². The number of H-pyrrole nitrogens is 1. The molecule has 0 aliphatic carbocycles. The second-order valence-electron chi connectivity index (χ2n) is 5.93. The van der Waals surface area contributed by atoms with Crippen molar-refractivity contribution in [3.05, 3.63) is 70.4 Å². The number of aliphatic imine (C=N–C) groups is 1. The molecule has 0 spiro atoms. The maximum atomic E-state index is 10.1. The van der Waals surface area contributed by atoms with Crippen molar-refractivity contribution in [2.45, 2.75) is 6.04 Å². The highest BCUT2D eigenvalue weighted by Crippen LogP contribution is 2.21. The molecule has 0 amide bonds. The number of benzene rings is 2. The molecule has 7 nitrogen and oxygen atoms in total.